The molecule has 2 N–H and O–H groups in total. The number of hydrogen-bond acceptors (Lipinski definition) is 2. The highest BCUT2D eigenvalue weighted by Crippen LogP contribution is 2.28. The predicted octanol–water partition coefficient (Wildman–Crippen LogP) is 3.54. The van der Waals surface area contributed by atoms with Crippen LogP contribution in [0.15, 0.2) is 54.6 Å². The molecule has 0 aliphatic heterocycles. The number of rotatable bonds is 5. The molecule has 0 saturated carbocycles. The van der Waals surface area contributed by atoms with Crippen molar-refractivity contribution in [1.82, 2.24) is 0 Å². The number of nitrogens with two attached hydrogens (primary N) is 1. The largest absolute Gasteiger partial charge is 0.497 e. The summed E-state index contributed by atoms with van der Waals surface area (Å²) in [5, 5.41) is 0. The molecule has 0 aliphatic rings. The molecule has 0 spiro atoms. The number of ether oxygens (including phenoxy) is 1. The van der Waals surface area contributed by atoms with E-state index in [-0.39, 0.29) is 11.5 Å². The van der Waals surface area contributed by atoms with Crippen LogP contribution in [-0.4, -0.2) is 13.2 Å². The summed E-state index contributed by atoms with van der Waals surface area (Å²) in [5.74, 6) is 0.882. The van der Waals surface area contributed by atoms with E-state index in [1.54, 1.807) is 7.11 Å². The van der Waals surface area contributed by atoms with E-state index in [4.69, 9.17) is 10.5 Å². The fourth-order valence-corrected chi connectivity index (χ4v) is 2.39. The molecule has 2 nitrogen and oxygen atoms in total. The molecule has 1 atom stereocenters. The fourth-order valence-electron chi connectivity index (χ4n) is 2.39. The Morgan fingerprint density at radius 1 is 1.05 bits per heavy atom. The highest BCUT2D eigenvalue weighted by molar-refractivity contribution is 5.31. The Labute approximate surface area is 121 Å². The van der Waals surface area contributed by atoms with Crippen molar-refractivity contribution >= 4 is 0 Å². The molecule has 106 valence electrons. The maximum Gasteiger partial charge on any atom is 0.119 e. The average Bonchev–Trinajstić information content (AvgIpc) is 2.48. The fraction of sp³-hybridized carbons (Fsp3) is 0.333. The number of benzene rings is 2. The molecule has 0 aliphatic carbocycles. The van der Waals surface area contributed by atoms with Gasteiger partial charge in [0.2, 0.25) is 0 Å². The molecule has 2 aromatic rings. The minimum absolute atomic E-state index is 0.0528. The summed E-state index contributed by atoms with van der Waals surface area (Å²) >= 11 is 0. The van der Waals surface area contributed by atoms with Crippen molar-refractivity contribution in [2.24, 2.45) is 5.73 Å². The van der Waals surface area contributed by atoms with Crippen LogP contribution in [0.3, 0.4) is 0 Å². The van der Waals surface area contributed by atoms with Crippen molar-refractivity contribution in [2.45, 2.75) is 31.7 Å². The van der Waals surface area contributed by atoms with Gasteiger partial charge in [-0.25, -0.2) is 0 Å². The summed E-state index contributed by atoms with van der Waals surface area (Å²) in [6.45, 7) is 4.40. The molecule has 0 radical (unpaired) electrons. The quantitative estimate of drug-likeness (QED) is 0.901. The standard InChI is InChI=1S/C18H23NO/c1-18(2,15-9-5-4-6-10-15)17(19)13-14-8-7-11-16(12-14)20-3/h4-12,17H,13,19H2,1-3H3. The first-order valence-corrected chi connectivity index (χ1v) is 6.98. The van der Waals surface area contributed by atoms with Gasteiger partial charge in [0.05, 0.1) is 7.11 Å². The van der Waals surface area contributed by atoms with Crippen LogP contribution in [0.5, 0.6) is 5.75 Å². The Balaban J connectivity index is 2.16. The van der Waals surface area contributed by atoms with Crippen LogP contribution in [0.4, 0.5) is 0 Å². The van der Waals surface area contributed by atoms with Crippen molar-refractivity contribution in [2.75, 3.05) is 7.11 Å². The molecule has 0 aromatic heterocycles. The third-order valence-corrected chi connectivity index (χ3v) is 4.03. The smallest absolute Gasteiger partial charge is 0.119 e. The highest BCUT2D eigenvalue weighted by atomic mass is 16.5. The van der Waals surface area contributed by atoms with Gasteiger partial charge < -0.3 is 10.5 Å². The number of hydrogen-bond donors (Lipinski definition) is 1. The van der Waals surface area contributed by atoms with E-state index in [1.165, 1.54) is 11.1 Å². The molecular formula is C18H23NO. The Morgan fingerprint density at radius 3 is 2.40 bits per heavy atom. The Kier molecular flexibility index (Phi) is 4.46. The SMILES string of the molecule is COc1cccc(CC(N)C(C)(C)c2ccccc2)c1. The third-order valence-electron chi connectivity index (χ3n) is 4.03. The Morgan fingerprint density at radius 2 is 1.75 bits per heavy atom. The van der Waals surface area contributed by atoms with Crippen LogP contribution in [0.1, 0.15) is 25.0 Å². The molecule has 20 heavy (non-hydrogen) atoms. The molecule has 1 unspecified atom stereocenters. The molecule has 0 fully saturated rings. The molecule has 0 saturated heterocycles. The van der Waals surface area contributed by atoms with Gasteiger partial charge in [-0.15, -0.1) is 0 Å². The maximum atomic E-state index is 6.47. The topological polar surface area (TPSA) is 35.2 Å². The molecular weight excluding hydrogens is 246 g/mol. The normalized spacial score (nSPS) is 13.0. The summed E-state index contributed by atoms with van der Waals surface area (Å²) in [6, 6.07) is 18.6. The van der Waals surface area contributed by atoms with Crippen LogP contribution in [0.25, 0.3) is 0 Å². The summed E-state index contributed by atoms with van der Waals surface area (Å²) < 4.78 is 5.27. The Bertz CT molecular complexity index is 548. The van der Waals surface area contributed by atoms with Gasteiger partial charge in [-0.1, -0.05) is 56.3 Å². The number of methoxy groups -OCH3 is 1. The lowest BCUT2D eigenvalue weighted by molar-refractivity contribution is 0.401. The van der Waals surface area contributed by atoms with Crippen LogP contribution in [0.2, 0.25) is 0 Å². The second kappa shape index (κ2) is 6.10. The lowest BCUT2D eigenvalue weighted by Gasteiger charge is -2.32. The molecule has 0 amide bonds. The van der Waals surface area contributed by atoms with E-state index in [1.807, 2.05) is 18.2 Å². The van der Waals surface area contributed by atoms with Gasteiger partial charge in [0, 0.05) is 11.5 Å². The first-order valence-electron chi connectivity index (χ1n) is 6.98. The maximum absolute atomic E-state index is 6.47. The highest BCUT2D eigenvalue weighted by Gasteiger charge is 2.28. The third kappa shape index (κ3) is 3.20. The van der Waals surface area contributed by atoms with Gasteiger partial charge in [0.1, 0.15) is 5.75 Å². The zero-order valence-corrected chi connectivity index (χ0v) is 12.5. The zero-order chi connectivity index (χ0) is 14.6. The van der Waals surface area contributed by atoms with Crippen LogP contribution in [-0.2, 0) is 11.8 Å². The van der Waals surface area contributed by atoms with Gasteiger partial charge >= 0.3 is 0 Å². The van der Waals surface area contributed by atoms with E-state index in [0.717, 1.165) is 12.2 Å². The van der Waals surface area contributed by atoms with Crippen molar-refractivity contribution in [3.63, 3.8) is 0 Å². The van der Waals surface area contributed by atoms with Crippen molar-refractivity contribution in [3.8, 4) is 5.75 Å². The van der Waals surface area contributed by atoms with Gasteiger partial charge in [-0.05, 0) is 29.7 Å². The lowest BCUT2D eigenvalue weighted by Crippen LogP contribution is -2.42. The van der Waals surface area contributed by atoms with E-state index in [0.29, 0.717) is 0 Å². The van der Waals surface area contributed by atoms with Crippen molar-refractivity contribution in [1.29, 1.82) is 0 Å². The van der Waals surface area contributed by atoms with Crippen molar-refractivity contribution in [3.05, 3.63) is 65.7 Å². The first-order chi connectivity index (χ1) is 9.54. The van der Waals surface area contributed by atoms with E-state index < -0.39 is 0 Å². The lowest BCUT2D eigenvalue weighted by atomic mass is 9.76. The van der Waals surface area contributed by atoms with Crippen LogP contribution in [0, 0.1) is 0 Å². The predicted molar refractivity (Wildman–Crippen MR) is 84.1 cm³/mol. The Hall–Kier alpha value is -1.80. The molecule has 2 rings (SSSR count). The van der Waals surface area contributed by atoms with Gasteiger partial charge in [0.25, 0.3) is 0 Å². The van der Waals surface area contributed by atoms with Gasteiger partial charge in [-0.3, -0.25) is 0 Å². The summed E-state index contributed by atoms with van der Waals surface area (Å²) in [5.41, 5.74) is 8.88. The minimum atomic E-state index is -0.0651. The van der Waals surface area contributed by atoms with E-state index in [9.17, 15) is 0 Å². The first kappa shape index (κ1) is 14.6. The molecule has 0 bridgehead atoms. The van der Waals surface area contributed by atoms with E-state index >= 15 is 0 Å². The summed E-state index contributed by atoms with van der Waals surface area (Å²) in [6.07, 6.45) is 0.832. The second-order valence-corrected chi connectivity index (χ2v) is 5.75. The molecule has 2 aromatic carbocycles. The monoisotopic (exact) mass is 269 g/mol. The minimum Gasteiger partial charge on any atom is -0.497 e. The molecule has 0 heterocycles. The van der Waals surface area contributed by atoms with Crippen LogP contribution >= 0.6 is 0 Å². The van der Waals surface area contributed by atoms with Crippen molar-refractivity contribution < 1.29 is 4.74 Å². The van der Waals surface area contributed by atoms with Gasteiger partial charge in [-0.2, -0.15) is 0 Å². The summed E-state index contributed by atoms with van der Waals surface area (Å²) in [4.78, 5) is 0. The molecule has 2 heteroatoms. The summed E-state index contributed by atoms with van der Waals surface area (Å²) in [7, 11) is 1.69. The second-order valence-electron chi connectivity index (χ2n) is 5.75. The average molecular weight is 269 g/mol. The zero-order valence-electron chi connectivity index (χ0n) is 12.5. The van der Waals surface area contributed by atoms with Crippen LogP contribution < -0.4 is 10.5 Å². The van der Waals surface area contributed by atoms with E-state index in [2.05, 4.69) is 50.2 Å². The van der Waals surface area contributed by atoms with Gasteiger partial charge in [0.15, 0.2) is 0 Å².